The molecule has 0 spiro atoms. The van der Waals surface area contributed by atoms with Gasteiger partial charge in [-0.2, -0.15) is 0 Å². The van der Waals surface area contributed by atoms with E-state index in [1.54, 1.807) is 11.3 Å². The average molecular weight is 288 g/mol. The number of carbonyl (C=O) groups is 1. The molecule has 1 heterocycles. The van der Waals surface area contributed by atoms with E-state index in [4.69, 9.17) is 0 Å². The molecule has 0 aliphatic carbocycles. The Morgan fingerprint density at radius 3 is 2.50 bits per heavy atom. The van der Waals surface area contributed by atoms with Crippen LogP contribution in [0.3, 0.4) is 0 Å². The third kappa shape index (κ3) is 3.67. The van der Waals surface area contributed by atoms with Gasteiger partial charge in [0, 0.05) is 22.5 Å². The maximum Gasteiger partial charge on any atom is 0.162 e. The van der Waals surface area contributed by atoms with Crippen LogP contribution in [0, 0.1) is 13.8 Å². The van der Waals surface area contributed by atoms with Crippen LogP contribution >= 0.6 is 11.3 Å². The smallest absolute Gasteiger partial charge is 0.162 e. The Bertz CT molecular complexity index is 587. The van der Waals surface area contributed by atoms with Gasteiger partial charge in [0.15, 0.2) is 5.78 Å². The molecule has 0 fully saturated rings. The van der Waals surface area contributed by atoms with Crippen molar-refractivity contribution in [2.24, 2.45) is 0 Å². The fourth-order valence-corrected chi connectivity index (χ4v) is 2.94. The highest BCUT2D eigenvalue weighted by Gasteiger charge is 2.06. The zero-order chi connectivity index (χ0) is 14.5. The second kappa shape index (κ2) is 6.66. The van der Waals surface area contributed by atoms with Gasteiger partial charge in [-0.05, 0) is 44.5 Å². The molecular weight excluding hydrogens is 268 g/mol. The van der Waals surface area contributed by atoms with Crippen molar-refractivity contribution < 1.29 is 4.79 Å². The summed E-state index contributed by atoms with van der Waals surface area (Å²) < 4.78 is 0. The Morgan fingerprint density at radius 2 is 1.95 bits per heavy atom. The summed E-state index contributed by atoms with van der Waals surface area (Å²) in [5.41, 5.74) is 2.92. The van der Waals surface area contributed by atoms with E-state index in [-0.39, 0.29) is 5.78 Å². The number of rotatable bonds is 6. The summed E-state index contributed by atoms with van der Waals surface area (Å²) in [6.07, 6.45) is 1.51. The Kier molecular flexibility index (Phi) is 4.90. The van der Waals surface area contributed by atoms with Crippen molar-refractivity contribution in [1.82, 2.24) is 4.98 Å². The lowest BCUT2D eigenvalue weighted by molar-refractivity contribution is 0.0982. The molecule has 3 nitrogen and oxygen atoms in total. The van der Waals surface area contributed by atoms with E-state index in [0.717, 1.165) is 34.9 Å². The first kappa shape index (κ1) is 14.7. The topological polar surface area (TPSA) is 42.0 Å². The highest BCUT2D eigenvalue weighted by atomic mass is 32.1. The molecule has 0 saturated heterocycles. The number of carbonyl (C=O) groups excluding carboxylic acids is 1. The van der Waals surface area contributed by atoms with Crippen molar-refractivity contribution in [3.8, 4) is 0 Å². The highest BCUT2D eigenvalue weighted by molar-refractivity contribution is 7.11. The first-order valence-electron chi connectivity index (χ1n) is 6.90. The van der Waals surface area contributed by atoms with Crippen LogP contribution in [-0.4, -0.2) is 10.8 Å². The third-order valence-corrected chi connectivity index (χ3v) is 4.21. The summed E-state index contributed by atoms with van der Waals surface area (Å²) >= 11 is 1.72. The predicted octanol–water partition coefficient (Wildman–Crippen LogP) is 4.35. The first-order chi connectivity index (χ1) is 9.60. The van der Waals surface area contributed by atoms with Gasteiger partial charge in [0.05, 0.1) is 17.2 Å². The van der Waals surface area contributed by atoms with Gasteiger partial charge in [0.1, 0.15) is 0 Å². The number of hydrogen-bond acceptors (Lipinski definition) is 4. The van der Waals surface area contributed by atoms with E-state index in [0.29, 0.717) is 6.42 Å². The summed E-state index contributed by atoms with van der Waals surface area (Å²) in [6, 6.07) is 7.72. The minimum Gasteiger partial charge on any atom is -0.380 e. The number of thiazole rings is 1. The monoisotopic (exact) mass is 288 g/mol. The number of nitrogens with one attached hydrogen (secondary N) is 1. The van der Waals surface area contributed by atoms with Crippen LogP contribution in [0.25, 0.3) is 0 Å². The quantitative estimate of drug-likeness (QED) is 0.803. The van der Waals surface area contributed by atoms with Gasteiger partial charge >= 0.3 is 0 Å². The Hall–Kier alpha value is -1.68. The number of hydrogen-bond donors (Lipinski definition) is 1. The maximum absolute atomic E-state index is 11.8. The summed E-state index contributed by atoms with van der Waals surface area (Å²) in [5.74, 6) is 0.216. The molecule has 20 heavy (non-hydrogen) atoms. The molecule has 0 aliphatic heterocycles. The summed E-state index contributed by atoms with van der Waals surface area (Å²) in [6.45, 7) is 6.86. The molecule has 2 aromatic rings. The number of aryl methyl sites for hydroxylation is 2. The van der Waals surface area contributed by atoms with E-state index >= 15 is 0 Å². The molecule has 4 heteroatoms. The number of Topliss-reactive ketones (excluding diaryl/α,β-unsaturated/α-hetero) is 1. The number of benzene rings is 1. The molecule has 0 aliphatic rings. The van der Waals surface area contributed by atoms with Crippen LogP contribution in [0.4, 0.5) is 5.69 Å². The minimum absolute atomic E-state index is 0.216. The van der Waals surface area contributed by atoms with Gasteiger partial charge in [0.25, 0.3) is 0 Å². The largest absolute Gasteiger partial charge is 0.380 e. The summed E-state index contributed by atoms with van der Waals surface area (Å²) in [4.78, 5) is 17.4. The second-order valence-corrected chi connectivity index (χ2v) is 6.13. The van der Waals surface area contributed by atoms with E-state index in [2.05, 4.69) is 10.3 Å². The van der Waals surface area contributed by atoms with Crippen molar-refractivity contribution in [3.05, 3.63) is 45.4 Å². The lowest BCUT2D eigenvalue weighted by Crippen LogP contribution is -2.01. The highest BCUT2D eigenvalue weighted by Crippen LogP contribution is 2.19. The Balaban J connectivity index is 1.97. The molecular formula is C16H20N2OS. The van der Waals surface area contributed by atoms with Crippen molar-refractivity contribution >= 4 is 22.8 Å². The van der Waals surface area contributed by atoms with Crippen LogP contribution in [0.2, 0.25) is 0 Å². The molecule has 0 amide bonds. The van der Waals surface area contributed by atoms with Gasteiger partial charge in [-0.1, -0.05) is 6.92 Å². The molecule has 106 valence electrons. The average Bonchev–Trinajstić information content (AvgIpc) is 2.75. The summed E-state index contributed by atoms with van der Waals surface area (Å²) in [5, 5.41) is 4.47. The summed E-state index contributed by atoms with van der Waals surface area (Å²) in [7, 11) is 0. The molecule has 1 N–H and O–H groups in total. The van der Waals surface area contributed by atoms with E-state index in [1.165, 1.54) is 4.88 Å². The van der Waals surface area contributed by atoms with Crippen molar-refractivity contribution in [1.29, 1.82) is 0 Å². The standard InChI is InChI=1S/C16H20N2OS/c1-4-5-15(19)13-6-8-14(9-7-13)17-10-16-11(2)18-12(3)20-16/h6-9,17H,4-5,10H2,1-3H3. The molecule has 0 saturated carbocycles. The molecule has 0 unspecified atom stereocenters. The van der Waals surface area contributed by atoms with Crippen LogP contribution in [0.15, 0.2) is 24.3 Å². The number of ketones is 1. The van der Waals surface area contributed by atoms with Gasteiger partial charge in [0.2, 0.25) is 0 Å². The predicted molar refractivity (Wildman–Crippen MR) is 84.6 cm³/mol. The molecule has 2 rings (SSSR count). The molecule has 0 bridgehead atoms. The van der Waals surface area contributed by atoms with E-state index in [9.17, 15) is 4.79 Å². The molecule has 0 radical (unpaired) electrons. The Labute approximate surface area is 124 Å². The number of anilines is 1. The maximum atomic E-state index is 11.8. The number of aromatic nitrogens is 1. The van der Waals surface area contributed by atoms with Gasteiger partial charge < -0.3 is 5.32 Å². The first-order valence-corrected chi connectivity index (χ1v) is 7.72. The number of nitrogens with zero attached hydrogens (tertiary/aromatic N) is 1. The van der Waals surface area contributed by atoms with Crippen molar-refractivity contribution in [2.45, 2.75) is 40.2 Å². The van der Waals surface area contributed by atoms with Crippen molar-refractivity contribution in [2.75, 3.05) is 5.32 Å². The zero-order valence-corrected chi connectivity index (χ0v) is 13.0. The lowest BCUT2D eigenvalue weighted by Gasteiger charge is -2.06. The Morgan fingerprint density at radius 1 is 1.25 bits per heavy atom. The van der Waals surface area contributed by atoms with Crippen LogP contribution in [-0.2, 0) is 6.54 Å². The fourth-order valence-electron chi connectivity index (χ4n) is 2.07. The fraction of sp³-hybridized carbons (Fsp3) is 0.375. The van der Waals surface area contributed by atoms with E-state index in [1.807, 2.05) is 45.0 Å². The normalized spacial score (nSPS) is 10.6. The molecule has 1 aromatic carbocycles. The third-order valence-electron chi connectivity index (χ3n) is 3.14. The van der Waals surface area contributed by atoms with Crippen LogP contribution in [0.1, 0.15) is 45.7 Å². The molecule has 1 aromatic heterocycles. The van der Waals surface area contributed by atoms with Gasteiger partial charge in [-0.15, -0.1) is 11.3 Å². The van der Waals surface area contributed by atoms with Crippen LogP contribution in [0.5, 0.6) is 0 Å². The van der Waals surface area contributed by atoms with E-state index < -0.39 is 0 Å². The zero-order valence-electron chi connectivity index (χ0n) is 12.2. The SMILES string of the molecule is CCCC(=O)c1ccc(NCc2sc(C)nc2C)cc1. The van der Waals surface area contributed by atoms with Crippen LogP contribution < -0.4 is 5.32 Å². The lowest BCUT2D eigenvalue weighted by atomic mass is 10.1. The van der Waals surface area contributed by atoms with Gasteiger partial charge in [-0.3, -0.25) is 4.79 Å². The second-order valence-electron chi connectivity index (χ2n) is 4.85. The van der Waals surface area contributed by atoms with Gasteiger partial charge in [-0.25, -0.2) is 4.98 Å². The minimum atomic E-state index is 0.216. The molecule has 0 atom stereocenters. The van der Waals surface area contributed by atoms with Crippen molar-refractivity contribution in [3.63, 3.8) is 0 Å².